The zero-order valence-electron chi connectivity index (χ0n) is 12.5. The molecule has 2 aromatic heterocycles. The highest BCUT2D eigenvalue weighted by molar-refractivity contribution is 7.11. The van der Waals surface area contributed by atoms with E-state index in [0.29, 0.717) is 6.04 Å². The standard InChI is InChI=1S/C15H19N5OS/c1-9-17-11-3-2-4-12(14(11)22-9)18-15(21)19-13-7-8-16-20(13)10-5-6-10/h7-8,10,12H,2-6H2,1H3,(H2,18,19,21). The Bertz CT molecular complexity index is 703. The first-order chi connectivity index (χ1) is 10.7. The highest BCUT2D eigenvalue weighted by atomic mass is 32.1. The lowest BCUT2D eigenvalue weighted by molar-refractivity contribution is 0.247. The fraction of sp³-hybridized carbons (Fsp3) is 0.533. The normalized spacial score (nSPS) is 20.5. The second-order valence-corrected chi connectivity index (χ2v) is 7.21. The van der Waals surface area contributed by atoms with Crippen molar-refractivity contribution in [3.63, 3.8) is 0 Å². The molecule has 22 heavy (non-hydrogen) atoms. The van der Waals surface area contributed by atoms with Crippen molar-refractivity contribution in [3.8, 4) is 0 Å². The van der Waals surface area contributed by atoms with Crippen LogP contribution in [0.4, 0.5) is 10.6 Å². The van der Waals surface area contributed by atoms with Gasteiger partial charge in [0.1, 0.15) is 5.82 Å². The first-order valence-corrected chi connectivity index (χ1v) is 8.59. The number of hydrogen-bond acceptors (Lipinski definition) is 4. The molecule has 0 spiro atoms. The Kier molecular flexibility index (Phi) is 3.37. The second kappa shape index (κ2) is 5.39. The molecule has 0 radical (unpaired) electrons. The molecule has 6 nitrogen and oxygen atoms in total. The van der Waals surface area contributed by atoms with Crippen molar-refractivity contribution in [2.75, 3.05) is 5.32 Å². The van der Waals surface area contributed by atoms with Crippen molar-refractivity contribution in [1.29, 1.82) is 0 Å². The van der Waals surface area contributed by atoms with Crippen LogP contribution in [-0.2, 0) is 6.42 Å². The number of fused-ring (bicyclic) bond motifs is 1. The molecule has 2 amide bonds. The van der Waals surface area contributed by atoms with Gasteiger partial charge in [-0.1, -0.05) is 0 Å². The summed E-state index contributed by atoms with van der Waals surface area (Å²) in [6.07, 6.45) is 7.09. The molecule has 116 valence electrons. The highest BCUT2D eigenvalue weighted by Crippen LogP contribution is 2.37. The van der Waals surface area contributed by atoms with E-state index >= 15 is 0 Å². The molecule has 2 aliphatic carbocycles. The number of carbonyl (C=O) groups excluding carboxylic acids is 1. The Balaban J connectivity index is 1.45. The summed E-state index contributed by atoms with van der Waals surface area (Å²) >= 11 is 1.70. The molecule has 2 heterocycles. The summed E-state index contributed by atoms with van der Waals surface area (Å²) in [6, 6.07) is 2.22. The lowest BCUT2D eigenvalue weighted by Crippen LogP contribution is -2.34. The number of hydrogen-bond donors (Lipinski definition) is 2. The summed E-state index contributed by atoms with van der Waals surface area (Å²) in [6.45, 7) is 2.02. The zero-order valence-corrected chi connectivity index (χ0v) is 13.3. The van der Waals surface area contributed by atoms with Gasteiger partial charge in [-0.15, -0.1) is 11.3 Å². The van der Waals surface area contributed by atoms with Crippen LogP contribution in [0.2, 0.25) is 0 Å². The number of nitrogens with one attached hydrogen (secondary N) is 2. The molecule has 2 aromatic rings. The Labute approximate surface area is 132 Å². The SMILES string of the molecule is Cc1nc2c(s1)C(NC(=O)Nc1ccnn1C1CC1)CCC2. The van der Waals surface area contributed by atoms with Crippen LogP contribution in [0.5, 0.6) is 0 Å². The van der Waals surface area contributed by atoms with E-state index in [1.54, 1.807) is 17.5 Å². The molecular formula is C15H19N5OS. The Hall–Kier alpha value is -1.89. The highest BCUT2D eigenvalue weighted by Gasteiger charge is 2.28. The summed E-state index contributed by atoms with van der Waals surface area (Å²) in [7, 11) is 0. The molecule has 2 aliphatic rings. The fourth-order valence-corrected chi connectivity index (χ4v) is 4.07. The molecule has 0 saturated heterocycles. The number of aryl methyl sites for hydroxylation is 2. The topological polar surface area (TPSA) is 71.8 Å². The van der Waals surface area contributed by atoms with E-state index in [9.17, 15) is 4.79 Å². The van der Waals surface area contributed by atoms with Gasteiger partial charge in [0.15, 0.2) is 0 Å². The first kappa shape index (κ1) is 13.8. The quantitative estimate of drug-likeness (QED) is 0.913. The maximum absolute atomic E-state index is 12.3. The van der Waals surface area contributed by atoms with E-state index in [1.807, 2.05) is 17.7 Å². The minimum atomic E-state index is -0.161. The van der Waals surface area contributed by atoms with Crippen molar-refractivity contribution in [1.82, 2.24) is 20.1 Å². The van der Waals surface area contributed by atoms with Gasteiger partial charge in [0.2, 0.25) is 0 Å². The van der Waals surface area contributed by atoms with Gasteiger partial charge in [0.25, 0.3) is 0 Å². The van der Waals surface area contributed by atoms with E-state index in [0.717, 1.165) is 48.6 Å². The summed E-state index contributed by atoms with van der Waals surface area (Å²) < 4.78 is 1.91. The smallest absolute Gasteiger partial charge is 0.320 e. The van der Waals surface area contributed by atoms with Gasteiger partial charge in [0, 0.05) is 6.07 Å². The van der Waals surface area contributed by atoms with Crippen molar-refractivity contribution < 1.29 is 4.79 Å². The monoisotopic (exact) mass is 317 g/mol. The van der Waals surface area contributed by atoms with Gasteiger partial charge in [-0.2, -0.15) is 5.10 Å². The number of carbonyl (C=O) groups is 1. The minimum absolute atomic E-state index is 0.0762. The molecule has 0 aromatic carbocycles. The van der Waals surface area contributed by atoms with Gasteiger partial charge in [0.05, 0.1) is 33.9 Å². The predicted molar refractivity (Wildman–Crippen MR) is 85.2 cm³/mol. The van der Waals surface area contributed by atoms with E-state index in [1.165, 1.54) is 4.88 Å². The molecule has 1 unspecified atom stereocenters. The fourth-order valence-electron chi connectivity index (χ4n) is 3.01. The van der Waals surface area contributed by atoms with Crippen molar-refractivity contribution >= 4 is 23.2 Å². The average molecular weight is 317 g/mol. The number of aromatic nitrogens is 3. The molecule has 4 rings (SSSR count). The Morgan fingerprint density at radius 3 is 3.09 bits per heavy atom. The summed E-state index contributed by atoms with van der Waals surface area (Å²) in [5.41, 5.74) is 1.15. The Morgan fingerprint density at radius 2 is 2.27 bits per heavy atom. The maximum atomic E-state index is 12.3. The lowest BCUT2D eigenvalue weighted by Gasteiger charge is -2.22. The van der Waals surface area contributed by atoms with Crippen LogP contribution in [0.25, 0.3) is 0 Å². The number of anilines is 1. The van der Waals surface area contributed by atoms with E-state index in [2.05, 4.69) is 20.7 Å². The van der Waals surface area contributed by atoms with Gasteiger partial charge >= 0.3 is 6.03 Å². The molecule has 1 fully saturated rings. The van der Waals surface area contributed by atoms with Crippen LogP contribution < -0.4 is 10.6 Å². The molecule has 7 heteroatoms. The number of amides is 2. The van der Waals surface area contributed by atoms with Crippen molar-refractivity contribution in [2.24, 2.45) is 0 Å². The van der Waals surface area contributed by atoms with Crippen molar-refractivity contribution in [3.05, 3.63) is 27.8 Å². The number of nitrogens with zero attached hydrogens (tertiary/aromatic N) is 3. The van der Waals surface area contributed by atoms with Crippen LogP contribution in [0, 0.1) is 6.92 Å². The third-order valence-electron chi connectivity index (χ3n) is 4.17. The van der Waals surface area contributed by atoms with E-state index in [-0.39, 0.29) is 12.1 Å². The van der Waals surface area contributed by atoms with Crippen LogP contribution >= 0.6 is 11.3 Å². The van der Waals surface area contributed by atoms with Gasteiger partial charge in [-0.25, -0.2) is 14.5 Å². The lowest BCUT2D eigenvalue weighted by atomic mass is 9.98. The zero-order chi connectivity index (χ0) is 15.1. The second-order valence-electron chi connectivity index (χ2n) is 5.98. The molecule has 1 atom stereocenters. The minimum Gasteiger partial charge on any atom is -0.330 e. The van der Waals surface area contributed by atoms with Gasteiger partial charge < -0.3 is 5.32 Å². The first-order valence-electron chi connectivity index (χ1n) is 7.78. The van der Waals surface area contributed by atoms with Crippen LogP contribution in [-0.4, -0.2) is 20.8 Å². The van der Waals surface area contributed by atoms with Gasteiger partial charge in [-0.05, 0) is 39.0 Å². The van der Waals surface area contributed by atoms with Gasteiger partial charge in [-0.3, -0.25) is 5.32 Å². The molecule has 2 N–H and O–H groups in total. The maximum Gasteiger partial charge on any atom is 0.320 e. The average Bonchev–Trinajstić information content (AvgIpc) is 3.10. The van der Waals surface area contributed by atoms with E-state index < -0.39 is 0 Å². The molecule has 0 aliphatic heterocycles. The van der Waals surface area contributed by atoms with Crippen LogP contribution in [0.15, 0.2) is 12.3 Å². The number of urea groups is 1. The van der Waals surface area contributed by atoms with Crippen LogP contribution in [0.3, 0.4) is 0 Å². The number of rotatable bonds is 3. The largest absolute Gasteiger partial charge is 0.330 e. The summed E-state index contributed by atoms with van der Waals surface area (Å²) in [5, 5.41) is 11.4. The molecule has 0 bridgehead atoms. The van der Waals surface area contributed by atoms with E-state index in [4.69, 9.17) is 0 Å². The van der Waals surface area contributed by atoms with Crippen molar-refractivity contribution in [2.45, 2.75) is 51.1 Å². The Morgan fingerprint density at radius 1 is 1.41 bits per heavy atom. The molecule has 1 saturated carbocycles. The predicted octanol–water partition coefficient (Wildman–Crippen LogP) is 3.18. The number of thiazole rings is 1. The van der Waals surface area contributed by atoms with Crippen LogP contribution in [0.1, 0.15) is 53.3 Å². The summed E-state index contributed by atoms with van der Waals surface area (Å²) in [4.78, 5) is 18.1. The third-order valence-corrected chi connectivity index (χ3v) is 5.29. The molecular weight excluding hydrogens is 298 g/mol. The third kappa shape index (κ3) is 2.61. The summed E-state index contributed by atoms with van der Waals surface area (Å²) in [5.74, 6) is 0.775.